The summed E-state index contributed by atoms with van der Waals surface area (Å²) in [6.45, 7) is 0. The van der Waals surface area contributed by atoms with E-state index in [4.69, 9.17) is 23.2 Å². The van der Waals surface area contributed by atoms with Gasteiger partial charge in [0.2, 0.25) is 0 Å². The Hall–Kier alpha value is -1.61. The first-order valence-corrected chi connectivity index (χ1v) is 9.68. The van der Waals surface area contributed by atoms with E-state index in [-0.39, 0.29) is 19.8 Å². The number of ketones is 1. The summed E-state index contributed by atoms with van der Waals surface area (Å²) in [5, 5.41) is 19.5. The van der Waals surface area contributed by atoms with Crippen LogP contribution in [0.3, 0.4) is 0 Å². The summed E-state index contributed by atoms with van der Waals surface area (Å²) in [5.74, 6) is -2.21. The summed E-state index contributed by atoms with van der Waals surface area (Å²) in [5.41, 5.74) is -3.22. The van der Waals surface area contributed by atoms with Gasteiger partial charge in [-0.15, -0.1) is 11.3 Å². The number of carboxylic acids is 1. The fourth-order valence-electron chi connectivity index (χ4n) is 3.34. The van der Waals surface area contributed by atoms with Gasteiger partial charge in [-0.05, 0) is 54.2 Å². The number of carbonyl (C=O) groups is 2. The van der Waals surface area contributed by atoms with Gasteiger partial charge in [-0.1, -0.05) is 23.2 Å². The highest BCUT2D eigenvalue weighted by molar-refractivity contribution is 7.16. The number of carbonyl (C=O) groups excluding carboxylic acids is 1. The Balaban J connectivity index is 2.05. The van der Waals surface area contributed by atoms with Crippen molar-refractivity contribution in [3.05, 3.63) is 54.7 Å². The molecule has 0 fully saturated rings. The van der Waals surface area contributed by atoms with Gasteiger partial charge in [0, 0.05) is 10.0 Å². The minimum atomic E-state index is -5.19. The first-order valence-electron chi connectivity index (χ1n) is 8.10. The SMILES string of the molecule is O=C(O)c1sc(C(=O)CC(O)(c2cc(Cl)cc(Cl)c2)C(F)(F)F)c2c1CCC2. The fourth-order valence-corrected chi connectivity index (χ4v) is 5.04. The number of Topliss-reactive ketones (excluding diaryl/α,β-unsaturated/α-hetero) is 1. The van der Waals surface area contributed by atoms with Crippen LogP contribution in [0, 0.1) is 0 Å². The van der Waals surface area contributed by atoms with E-state index in [2.05, 4.69) is 0 Å². The molecular weight excluding hydrogens is 440 g/mol. The third-order valence-electron chi connectivity index (χ3n) is 4.64. The molecule has 0 spiro atoms. The van der Waals surface area contributed by atoms with Crippen molar-refractivity contribution in [3.63, 3.8) is 0 Å². The first kappa shape index (κ1) is 21.1. The smallest absolute Gasteiger partial charge is 0.421 e. The van der Waals surface area contributed by atoms with E-state index >= 15 is 0 Å². The average molecular weight is 453 g/mol. The number of carboxylic acid groups (broad SMARTS) is 1. The number of halogens is 5. The highest BCUT2D eigenvalue weighted by atomic mass is 35.5. The lowest BCUT2D eigenvalue weighted by Crippen LogP contribution is -2.44. The molecule has 0 saturated heterocycles. The zero-order chi connectivity index (χ0) is 20.9. The van der Waals surface area contributed by atoms with Crippen LogP contribution in [0.4, 0.5) is 13.2 Å². The van der Waals surface area contributed by atoms with E-state index in [9.17, 15) is 33.0 Å². The van der Waals surface area contributed by atoms with Gasteiger partial charge in [0.15, 0.2) is 11.4 Å². The number of aromatic carboxylic acids is 1. The summed E-state index contributed by atoms with van der Waals surface area (Å²) in [4.78, 5) is 24.0. The van der Waals surface area contributed by atoms with Crippen LogP contribution >= 0.6 is 34.5 Å². The third kappa shape index (κ3) is 3.66. The molecule has 1 atom stereocenters. The van der Waals surface area contributed by atoms with Crippen molar-refractivity contribution in [1.29, 1.82) is 0 Å². The molecule has 1 aliphatic carbocycles. The van der Waals surface area contributed by atoms with Gasteiger partial charge in [0.1, 0.15) is 4.88 Å². The van der Waals surface area contributed by atoms with Crippen molar-refractivity contribution in [2.75, 3.05) is 0 Å². The number of rotatable bonds is 5. The lowest BCUT2D eigenvalue weighted by atomic mass is 9.87. The van der Waals surface area contributed by atoms with E-state index in [1.807, 2.05) is 0 Å². The number of aliphatic hydroxyl groups is 1. The fraction of sp³-hybridized carbons (Fsp3) is 0.333. The predicted molar refractivity (Wildman–Crippen MR) is 98.7 cm³/mol. The summed E-state index contributed by atoms with van der Waals surface area (Å²) < 4.78 is 41.3. The number of hydrogen-bond donors (Lipinski definition) is 2. The zero-order valence-corrected chi connectivity index (χ0v) is 16.4. The largest absolute Gasteiger partial charge is 0.477 e. The van der Waals surface area contributed by atoms with Gasteiger partial charge in [-0.3, -0.25) is 4.79 Å². The van der Waals surface area contributed by atoms with Crippen molar-refractivity contribution >= 4 is 46.3 Å². The summed E-state index contributed by atoms with van der Waals surface area (Å²) in [6, 6.07) is 3.00. The lowest BCUT2D eigenvalue weighted by Gasteiger charge is -2.30. The van der Waals surface area contributed by atoms with E-state index in [0.717, 1.165) is 12.1 Å². The Morgan fingerprint density at radius 3 is 2.07 bits per heavy atom. The summed E-state index contributed by atoms with van der Waals surface area (Å²) >= 11 is 12.2. The molecule has 0 amide bonds. The maximum Gasteiger partial charge on any atom is 0.421 e. The summed E-state index contributed by atoms with van der Waals surface area (Å²) in [7, 11) is 0. The molecular formula is C18H13Cl2F3O4S. The van der Waals surface area contributed by atoms with E-state index in [1.165, 1.54) is 6.07 Å². The molecule has 0 saturated carbocycles. The molecule has 10 heteroatoms. The topological polar surface area (TPSA) is 74.6 Å². The van der Waals surface area contributed by atoms with Crippen LogP contribution in [0.5, 0.6) is 0 Å². The van der Waals surface area contributed by atoms with Crippen molar-refractivity contribution < 1.29 is 33.0 Å². The Labute approximate surface area is 171 Å². The number of hydrogen-bond acceptors (Lipinski definition) is 4. The van der Waals surface area contributed by atoms with Gasteiger partial charge in [-0.2, -0.15) is 13.2 Å². The Morgan fingerprint density at radius 1 is 1.04 bits per heavy atom. The second kappa shape index (κ2) is 7.33. The molecule has 28 heavy (non-hydrogen) atoms. The van der Waals surface area contributed by atoms with E-state index in [0.29, 0.717) is 41.7 Å². The van der Waals surface area contributed by atoms with E-state index < -0.39 is 35.5 Å². The first-order chi connectivity index (χ1) is 12.9. The molecule has 0 bridgehead atoms. The van der Waals surface area contributed by atoms with E-state index in [1.54, 1.807) is 0 Å². The van der Waals surface area contributed by atoms with Gasteiger partial charge < -0.3 is 10.2 Å². The zero-order valence-electron chi connectivity index (χ0n) is 14.1. The normalized spacial score (nSPS) is 15.9. The van der Waals surface area contributed by atoms with Gasteiger partial charge in [-0.25, -0.2) is 4.79 Å². The molecule has 2 N–H and O–H groups in total. The van der Waals surface area contributed by atoms with Crippen LogP contribution in [0.1, 0.15) is 48.9 Å². The average Bonchev–Trinajstić information content (AvgIpc) is 3.14. The number of alkyl halides is 3. The van der Waals surface area contributed by atoms with Crippen LogP contribution in [-0.2, 0) is 18.4 Å². The second-order valence-corrected chi connectivity index (χ2v) is 8.39. The van der Waals surface area contributed by atoms with Crippen molar-refractivity contribution in [2.45, 2.75) is 37.5 Å². The van der Waals surface area contributed by atoms with Gasteiger partial charge in [0.25, 0.3) is 0 Å². The molecule has 3 rings (SSSR count). The Kier molecular flexibility index (Phi) is 5.53. The molecule has 1 aromatic heterocycles. The van der Waals surface area contributed by atoms with Crippen LogP contribution in [0.15, 0.2) is 18.2 Å². The lowest BCUT2D eigenvalue weighted by molar-refractivity contribution is -0.264. The van der Waals surface area contributed by atoms with Crippen LogP contribution in [-0.4, -0.2) is 28.1 Å². The molecule has 1 heterocycles. The Morgan fingerprint density at radius 2 is 1.57 bits per heavy atom. The minimum Gasteiger partial charge on any atom is -0.477 e. The number of thiophene rings is 1. The third-order valence-corrected chi connectivity index (χ3v) is 6.38. The number of benzene rings is 1. The molecule has 1 unspecified atom stereocenters. The highest BCUT2D eigenvalue weighted by Crippen LogP contribution is 2.45. The van der Waals surface area contributed by atoms with Crippen LogP contribution in [0.25, 0.3) is 0 Å². The van der Waals surface area contributed by atoms with Gasteiger partial charge >= 0.3 is 12.1 Å². The van der Waals surface area contributed by atoms with Crippen molar-refractivity contribution in [1.82, 2.24) is 0 Å². The van der Waals surface area contributed by atoms with Crippen LogP contribution < -0.4 is 0 Å². The highest BCUT2D eigenvalue weighted by Gasteiger charge is 2.56. The predicted octanol–water partition coefficient (Wildman–Crippen LogP) is 5.26. The number of fused-ring (bicyclic) bond motifs is 1. The molecule has 150 valence electrons. The van der Waals surface area contributed by atoms with Crippen molar-refractivity contribution in [3.8, 4) is 0 Å². The molecule has 1 aliphatic rings. The summed E-state index contributed by atoms with van der Waals surface area (Å²) in [6.07, 6.45) is -5.01. The maximum atomic E-state index is 13.8. The molecule has 2 aromatic rings. The van der Waals surface area contributed by atoms with Crippen LogP contribution in [0.2, 0.25) is 10.0 Å². The quantitative estimate of drug-likeness (QED) is 0.606. The minimum absolute atomic E-state index is 0.0443. The Bertz CT molecular complexity index is 950. The monoisotopic (exact) mass is 452 g/mol. The molecule has 0 radical (unpaired) electrons. The van der Waals surface area contributed by atoms with Gasteiger partial charge in [0.05, 0.1) is 11.3 Å². The second-order valence-electron chi connectivity index (χ2n) is 6.49. The molecule has 1 aromatic carbocycles. The maximum absolute atomic E-state index is 13.8. The molecule has 4 nitrogen and oxygen atoms in total. The van der Waals surface area contributed by atoms with Crippen molar-refractivity contribution in [2.24, 2.45) is 0 Å². The standard InChI is InChI=1S/C18H13Cl2F3O4S/c19-9-4-8(5-10(20)6-9)17(27,18(21,22)23)7-13(24)14-11-2-1-3-12(11)15(28-14)16(25)26/h4-6,27H,1-3,7H2,(H,25,26). The molecule has 0 aliphatic heterocycles.